The third-order valence-corrected chi connectivity index (χ3v) is 5.11. The van der Waals surface area contributed by atoms with Gasteiger partial charge < -0.3 is 19.1 Å². The molecule has 0 radical (unpaired) electrons. The number of benzene rings is 2. The van der Waals surface area contributed by atoms with Crippen LogP contribution in [-0.4, -0.2) is 33.3 Å². The van der Waals surface area contributed by atoms with Crippen LogP contribution in [0.15, 0.2) is 54.8 Å². The van der Waals surface area contributed by atoms with Crippen molar-refractivity contribution in [2.45, 2.75) is 46.1 Å². The second-order valence-corrected chi connectivity index (χ2v) is 7.39. The van der Waals surface area contributed by atoms with Crippen LogP contribution >= 0.6 is 0 Å². The van der Waals surface area contributed by atoms with Crippen molar-refractivity contribution in [3.05, 3.63) is 65.9 Å². The summed E-state index contributed by atoms with van der Waals surface area (Å²) in [5.41, 5.74) is 3.21. The first kappa shape index (κ1) is 24.3. The number of nitrogens with zero attached hydrogens (tertiary/aromatic N) is 1. The molecular weight excluding hydrogens is 390 g/mol. The molecule has 31 heavy (non-hydrogen) atoms. The standard InChI is InChI=1S/C26H35NO4/c1-5-7-17-27(18-8-6-2)22-13-15-23(16-14-22)31-19-21-11-9-10-12-24(21)25(20-29-3)26(28)30-4/h9-16,20H,5-8,17-19H2,1-4H3. The summed E-state index contributed by atoms with van der Waals surface area (Å²) in [5, 5.41) is 0. The zero-order valence-electron chi connectivity index (χ0n) is 19.2. The lowest BCUT2D eigenvalue weighted by molar-refractivity contribution is -0.133. The second kappa shape index (κ2) is 13.4. The van der Waals surface area contributed by atoms with Crippen LogP contribution < -0.4 is 9.64 Å². The molecule has 2 rings (SSSR count). The third-order valence-electron chi connectivity index (χ3n) is 5.11. The van der Waals surface area contributed by atoms with Crippen molar-refractivity contribution in [1.82, 2.24) is 0 Å². The summed E-state index contributed by atoms with van der Waals surface area (Å²) >= 11 is 0. The molecule has 0 spiro atoms. The Kier molecular flexibility index (Phi) is 10.5. The fourth-order valence-electron chi connectivity index (χ4n) is 3.34. The number of ether oxygens (including phenoxy) is 3. The van der Waals surface area contributed by atoms with Gasteiger partial charge in [0.15, 0.2) is 0 Å². The maximum absolute atomic E-state index is 12.2. The first-order chi connectivity index (χ1) is 15.1. The van der Waals surface area contributed by atoms with Gasteiger partial charge in [0, 0.05) is 18.8 Å². The topological polar surface area (TPSA) is 48.0 Å². The first-order valence-electron chi connectivity index (χ1n) is 11.0. The Labute approximate surface area is 186 Å². The van der Waals surface area contributed by atoms with Crippen LogP contribution in [0.3, 0.4) is 0 Å². The van der Waals surface area contributed by atoms with Crippen molar-refractivity contribution in [1.29, 1.82) is 0 Å². The predicted octanol–water partition coefficient (Wildman–Crippen LogP) is 5.83. The van der Waals surface area contributed by atoms with Crippen molar-refractivity contribution in [3.8, 4) is 5.75 Å². The highest BCUT2D eigenvalue weighted by Crippen LogP contribution is 2.24. The molecule has 0 aromatic heterocycles. The van der Waals surface area contributed by atoms with Gasteiger partial charge in [0.2, 0.25) is 0 Å². The third kappa shape index (κ3) is 7.35. The summed E-state index contributed by atoms with van der Waals surface area (Å²) < 4.78 is 16.0. The van der Waals surface area contributed by atoms with Gasteiger partial charge in [0.25, 0.3) is 0 Å². The van der Waals surface area contributed by atoms with Gasteiger partial charge in [-0.15, -0.1) is 0 Å². The molecule has 0 aliphatic rings. The molecule has 0 unspecified atom stereocenters. The van der Waals surface area contributed by atoms with Crippen molar-refractivity contribution in [2.24, 2.45) is 0 Å². The van der Waals surface area contributed by atoms with Gasteiger partial charge in [-0.1, -0.05) is 51.0 Å². The van der Waals surface area contributed by atoms with E-state index in [4.69, 9.17) is 14.2 Å². The van der Waals surface area contributed by atoms with Gasteiger partial charge in [-0.3, -0.25) is 0 Å². The van der Waals surface area contributed by atoms with Gasteiger partial charge in [-0.25, -0.2) is 4.79 Å². The van der Waals surface area contributed by atoms with Crippen molar-refractivity contribution < 1.29 is 19.0 Å². The van der Waals surface area contributed by atoms with Crippen LogP contribution in [0.2, 0.25) is 0 Å². The Morgan fingerprint density at radius 1 is 0.935 bits per heavy atom. The van der Waals surface area contributed by atoms with E-state index < -0.39 is 5.97 Å². The molecule has 2 aromatic rings. The van der Waals surface area contributed by atoms with E-state index in [1.165, 1.54) is 51.9 Å². The maximum atomic E-state index is 12.2. The SMILES string of the molecule is CCCCN(CCCC)c1ccc(OCc2ccccc2C(=COC)C(=O)OC)cc1. The minimum atomic E-state index is -0.446. The number of carbonyl (C=O) groups excluding carboxylic acids is 1. The molecule has 5 heteroatoms. The Hall–Kier alpha value is -2.95. The van der Waals surface area contributed by atoms with E-state index >= 15 is 0 Å². The number of carbonyl (C=O) groups is 1. The van der Waals surface area contributed by atoms with E-state index in [0.29, 0.717) is 12.2 Å². The molecular formula is C26H35NO4. The fraction of sp³-hybridized carbons (Fsp3) is 0.423. The van der Waals surface area contributed by atoms with E-state index in [1.54, 1.807) is 0 Å². The molecule has 2 aromatic carbocycles. The number of methoxy groups -OCH3 is 2. The van der Waals surface area contributed by atoms with Crippen LogP contribution in [0.4, 0.5) is 5.69 Å². The molecule has 0 N–H and O–H groups in total. The Morgan fingerprint density at radius 3 is 2.16 bits per heavy atom. The number of hydrogen-bond donors (Lipinski definition) is 0. The van der Waals surface area contributed by atoms with Crippen LogP contribution in [0.5, 0.6) is 5.75 Å². The van der Waals surface area contributed by atoms with Gasteiger partial charge in [-0.05, 0) is 48.2 Å². The highest BCUT2D eigenvalue weighted by Gasteiger charge is 2.17. The van der Waals surface area contributed by atoms with Crippen molar-refractivity contribution in [3.63, 3.8) is 0 Å². The predicted molar refractivity (Wildman–Crippen MR) is 126 cm³/mol. The second-order valence-electron chi connectivity index (χ2n) is 7.39. The monoisotopic (exact) mass is 425 g/mol. The lowest BCUT2D eigenvalue weighted by Gasteiger charge is -2.25. The van der Waals surface area contributed by atoms with E-state index in [-0.39, 0.29) is 0 Å². The quantitative estimate of drug-likeness (QED) is 0.229. The van der Waals surface area contributed by atoms with E-state index in [9.17, 15) is 4.79 Å². The minimum absolute atomic E-state index is 0.336. The molecule has 0 aliphatic carbocycles. The molecule has 168 valence electrons. The van der Waals surface area contributed by atoms with Gasteiger partial charge in [0.1, 0.15) is 17.9 Å². The highest BCUT2D eigenvalue weighted by molar-refractivity contribution is 6.16. The smallest absolute Gasteiger partial charge is 0.341 e. The lowest BCUT2D eigenvalue weighted by Crippen LogP contribution is -2.25. The number of anilines is 1. The Bertz CT molecular complexity index is 822. The minimum Gasteiger partial charge on any atom is -0.503 e. The van der Waals surface area contributed by atoms with Gasteiger partial charge in [0.05, 0.1) is 20.5 Å². The van der Waals surface area contributed by atoms with Crippen molar-refractivity contribution >= 4 is 17.2 Å². The molecule has 0 fully saturated rings. The summed E-state index contributed by atoms with van der Waals surface area (Å²) in [6, 6.07) is 15.9. The largest absolute Gasteiger partial charge is 0.503 e. The van der Waals surface area contributed by atoms with Crippen LogP contribution in [0, 0.1) is 0 Å². The van der Waals surface area contributed by atoms with Crippen LogP contribution in [0.1, 0.15) is 50.7 Å². The average Bonchev–Trinajstić information content (AvgIpc) is 2.81. The highest BCUT2D eigenvalue weighted by atomic mass is 16.5. The molecule has 5 nitrogen and oxygen atoms in total. The van der Waals surface area contributed by atoms with Gasteiger partial charge >= 0.3 is 5.97 Å². The Morgan fingerprint density at radius 2 is 1.58 bits per heavy atom. The van der Waals surface area contributed by atoms with E-state index in [2.05, 4.69) is 30.9 Å². The molecule has 0 atom stereocenters. The summed E-state index contributed by atoms with van der Waals surface area (Å²) in [5.74, 6) is 0.345. The molecule has 0 saturated heterocycles. The average molecular weight is 426 g/mol. The lowest BCUT2D eigenvalue weighted by atomic mass is 10.0. The van der Waals surface area contributed by atoms with Crippen LogP contribution in [0.25, 0.3) is 5.57 Å². The van der Waals surface area contributed by atoms with Crippen molar-refractivity contribution in [2.75, 3.05) is 32.2 Å². The zero-order chi connectivity index (χ0) is 22.5. The number of hydrogen-bond acceptors (Lipinski definition) is 5. The number of esters is 1. The fourth-order valence-corrected chi connectivity index (χ4v) is 3.34. The van der Waals surface area contributed by atoms with E-state index in [1.807, 2.05) is 36.4 Å². The first-order valence-corrected chi connectivity index (χ1v) is 11.0. The molecule has 0 amide bonds. The number of rotatable bonds is 13. The molecule has 0 heterocycles. The summed E-state index contributed by atoms with van der Waals surface area (Å²) in [4.78, 5) is 14.6. The summed E-state index contributed by atoms with van der Waals surface area (Å²) in [7, 11) is 2.87. The maximum Gasteiger partial charge on any atom is 0.341 e. The normalized spacial score (nSPS) is 11.2. The molecule has 0 bridgehead atoms. The zero-order valence-corrected chi connectivity index (χ0v) is 19.2. The van der Waals surface area contributed by atoms with Gasteiger partial charge in [-0.2, -0.15) is 0 Å². The molecule has 0 aliphatic heterocycles. The number of unbranched alkanes of at least 4 members (excludes halogenated alkanes) is 2. The Balaban J connectivity index is 2.12. The van der Waals surface area contributed by atoms with Crippen LogP contribution in [-0.2, 0) is 20.9 Å². The molecule has 0 saturated carbocycles. The van der Waals surface area contributed by atoms with E-state index in [0.717, 1.165) is 30.0 Å². The summed E-state index contributed by atoms with van der Waals surface area (Å²) in [6.07, 6.45) is 6.16. The summed E-state index contributed by atoms with van der Waals surface area (Å²) in [6.45, 7) is 6.93.